The molecule has 162 valence electrons. The second kappa shape index (κ2) is 8.41. The molecule has 0 aliphatic heterocycles. The van der Waals surface area contributed by atoms with E-state index in [1.807, 2.05) is 10.9 Å². The minimum absolute atomic E-state index is 0.0837. The number of aromatic nitrogens is 2. The van der Waals surface area contributed by atoms with Gasteiger partial charge in [0, 0.05) is 11.3 Å². The number of carbonyl (C=O) groups excluding carboxylic acids is 2. The van der Waals surface area contributed by atoms with Crippen LogP contribution in [0.15, 0.2) is 34.9 Å². The normalized spacial score (nSPS) is 15.4. The summed E-state index contributed by atoms with van der Waals surface area (Å²) in [5, 5.41) is 10.3. The van der Waals surface area contributed by atoms with Gasteiger partial charge in [-0.15, -0.1) is 0 Å². The fourth-order valence-electron chi connectivity index (χ4n) is 4.14. The van der Waals surface area contributed by atoms with Crippen LogP contribution in [0.4, 0.5) is 0 Å². The Bertz CT molecular complexity index is 1140. The second-order valence-corrected chi connectivity index (χ2v) is 8.25. The molecule has 1 aliphatic carbocycles. The zero-order valence-corrected chi connectivity index (χ0v) is 18.4. The molecule has 31 heavy (non-hydrogen) atoms. The number of carbonyl (C=O) groups is 2. The first-order chi connectivity index (χ1) is 14.8. The number of aryl methyl sites for hydroxylation is 4. The van der Waals surface area contributed by atoms with E-state index < -0.39 is 0 Å². The van der Waals surface area contributed by atoms with Crippen molar-refractivity contribution in [3.05, 3.63) is 69.9 Å². The van der Waals surface area contributed by atoms with E-state index in [0.717, 1.165) is 36.2 Å². The molecule has 7 heteroatoms. The molecule has 1 unspecified atom stereocenters. The molecule has 2 amide bonds. The molecule has 2 heterocycles. The number of furan rings is 1. The van der Waals surface area contributed by atoms with Gasteiger partial charge in [0.05, 0.1) is 30.0 Å². The third kappa shape index (κ3) is 4.26. The molecule has 0 saturated heterocycles. The zero-order valence-electron chi connectivity index (χ0n) is 18.4. The maximum Gasteiger partial charge on any atom is 0.255 e. The summed E-state index contributed by atoms with van der Waals surface area (Å²) < 4.78 is 7.36. The van der Waals surface area contributed by atoms with Crippen molar-refractivity contribution in [1.29, 1.82) is 0 Å². The van der Waals surface area contributed by atoms with E-state index in [2.05, 4.69) is 47.8 Å². The first-order valence-electron chi connectivity index (χ1n) is 10.6. The number of amides is 2. The van der Waals surface area contributed by atoms with Gasteiger partial charge in [-0.25, -0.2) is 4.68 Å². The summed E-state index contributed by atoms with van der Waals surface area (Å²) in [6.07, 6.45) is 4.59. The van der Waals surface area contributed by atoms with Gasteiger partial charge in [-0.3, -0.25) is 9.59 Å². The van der Waals surface area contributed by atoms with Crippen molar-refractivity contribution in [2.75, 3.05) is 6.54 Å². The highest BCUT2D eigenvalue weighted by molar-refractivity contribution is 5.97. The van der Waals surface area contributed by atoms with Crippen molar-refractivity contribution in [3.63, 3.8) is 0 Å². The van der Waals surface area contributed by atoms with E-state index >= 15 is 0 Å². The lowest BCUT2D eigenvalue weighted by Crippen LogP contribution is -2.39. The van der Waals surface area contributed by atoms with Gasteiger partial charge in [0.1, 0.15) is 11.5 Å². The Balaban J connectivity index is 1.43. The van der Waals surface area contributed by atoms with Crippen molar-refractivity contribution in [2.45, 2.75) is 53.0 Å². The molecule has 0 spiro atoms. The minimum Gasteiger partial charge on any atom is -0.466 e. The van der Waals surface area contributed by atoms with Gasteiger partial charge >= 0.3 is 0 Å². The van der Waals surface area contributed by atoms with E-state index in [1.165, 1.54) is 11.1 Å². The maximum absolute atomic E-state index is 12.5. The van der Waals surface area contributed by atoms with Gasteiger partial charge in [0.25, 0.3) is 5.91 Å². The van der Waals surface area contributed by atoms with Crippen LogP contribution in [0.2, 0.25) is 0 Å². The number of benzene rings is 1. The Hall–Kier alpha value is -3.35. The zero-order chi connectivity index (χ0) is 22.1. The molecule has 0 fully saturated rings. The fourth-order valence-corrected chi connectivity index (χ4v) is 4.14. The van der Waals surface area contributed by atoms with Crippen LogP contribution in [0.25, 0.3) is 5.69 Å². The van der Waals surface area contributed by atoms with E-state index in [1.54, 1.807) is 19.9 Å². The summed E-state index contributed by atoms with van der Waals surface area (Å²) in [4.78, 5) is 24.9. The summed E-state index contributed by atoms with van der Waals surface area (Å²) in [5.41, 5.74) is 6.15. The monoisotopic (exact) mass is 420 g/mol. The fraction of sp³-hybridized carbons (Fsp3) is 0.375. The highest BCUT2D eigenvalue weighted by atomic mass is 16.3. The first kappa shape index (κ1) is 20.9. The number of hydrogen-bond acceptors (Lipinski definition) is 4. The Kier molecular flexibility index (Phi) is 5.67. The summed E-state index contributed by atoms with van der Waals surface area (Å²) in [7, 11) is 0. The number of fused-ring (bicyclic) bond motifs is 1. The molecule has 2 N–H and O–H groups in total. The van der Waals surface area contributed by atoms with Crippen LogP contribution in [0, 0.1) is 27.7 Å². The summed E-state index contributed by atoms with van der Waals surface area (Å²) in [5.74, 6) is 0.688. The van der Waals surface area contributed by atoms with E-state index in [4.69, 9.17) is 4.42 Å². The lowest BCUT2D eigenvalue weighted by atomic mass is 9.92. The summed E-state index contributed by atoms with van der Waals surface area (Å²) in [6, 6.07) is 7.89. The van der Waals surface area contributed by atoms with Crippen LogP contribution in [-0.4, -0.2) is 28.1 Å². The lowest BCUT2D eigenvalue weighted by molar-refractivity contribution is -0.121. The number of nitrogens with zero attached hydrogens (tertiary/aromatic N) is 2. The first-order valence-corrected chi connectivity index (χ1v) is 10.6. The summed E-state index contributed by atoms with van der Waals surface area (Å²) in [6.45, 7) is 7.63. The SMILES string of the molecule is Cc1cc(C(=O)NCC(=O)NC2CCCc3c2cnn3-c2ccc(C)c(C)c2)c(C)o1. The third-order valence-electron chi connectivity index (χ3n) is 5.95. The van der Waals surface area contributed by atoms with Crippen LogP contribution in [-0.2, 0) is 11.2 Å². The quantitative estimate of drug-likeness (QED) is 0.660. The molecule has 2 aromatic heterocycles. The molecule has 1 aliphatic rings. The molecule has 0 radical (unpaired) electrons. The van der Waals surface area contributed by atoms with Crippen LogP contribution in [0.1, 0.15) is 63.1 Å². The molecule has 7 nitrogen and oxygen atoms in total. The van der Waals surface area contributed by atoms with Gasteiger partial charge in [-0.05, 0) is 76.3 Å². The number of nitrogens with one attached hydrogen (secondary N) is 2. The summed E-state index contributed by atoms with van der Waals surface area (Å²) >= 11 is 0. The maximum atomic E-state index is 12.5. The highest BCUT2D eigenvalue weighted by Crippen LogP contribution is 2.31. The van der Waals surface area contributed by atoms with Crippen LogP contribution in [0.5, 0.6) is 0 Å². The molecule has 1 atom stereocenters. The van der Waals surface area contributed by atoms with Gasteiger partial charge in [0.2, 0.25) is 5.91 Å². The number of hydrogen-bond donors (Lipinski definition) is 2. The van der Waals surface area contributed by atoms with Crippen molar-refractivity contribution < 1.29 is 14.0 Å². The standard InChI is InChI=1S/C24H28N4O3/c1-14-8-9-18(10-15(14)2)28-22-7-5-6-21(20(22)12-26-28)27-23(29)13-25-24(30)19-11-16(3)31-17(19)4/h8-12,21H,5-7,13H2,1-4H3,(H,25,30)(H,27,29). The Labute approximate surface area is 181 Å². The van der Waals surface area contributed by atoms with Crippen molar-refractivity contribution in [3.8, 4) is 5.69 Å². The average molecular weight is 421 g/mol. The lowest BCUT2D eigenvalue weighted by Gasteiger charge is -2.24. The van der Waals surface area contributed by atoms with Gasteiger partial charge < -0.3 is 15.1 Å². The molecule has 0 saturated carbocycles. The molecular weight excluding hydrogens is 392 g/mol. The average Bonchev–Trinajstić information content (AvgIpc) is 3.31. The van der Waals surface area contributed by atoms with Crippen molar-refractivity contribution in [1.82, 2.24) is 20.4 Å². The van der Waals surface area contributed by atoms with Crippen molar-refractivity contribution in [2.24, 2.45) is 0 Å². The predicted molar refractivity (Wildman–Crippen MR) is 117 cm³/mol. The Morgan fingerprint density at radius 3 is 2.68 bits per heavy atom. The predicted octanol–water partition coefficient (Wildman–Crippen LogP) is 3.62. The Morgan fingerprint density at radius 2 is 1.97 bits per heavy atom. The molecule has 4 rings (SSSR count). The van der Waals surface area contributed by atoms with Crippen LogP contribution in [0.3, 0.4) is 0 Å². The molecule has 1 aromatic carbocycles. The number of rotatable bonds is 5. The highest BCUT2D eigenvalue weighted by Gasteiger charge is 2.26. The topological polar surface area (TPSA) is 89.2 Å². The van der Waals surface area contributed by atoms with Gasteiger partial charge in [0.15, 0.2) is 0 Å². The largest absolute Gasteiger partial charge is 0.466 e. The second-order valence-electron chi connectivity index (χ2n) is 8.25. The van der Waals surface area contributed by atoms with E-state index in [-0.39, 0.29) is 24.4 Å². The molecule has 3 aromatic rings. The van der Waals surface area contributed by atoms with Crippen molar-refractivity contribution >= 4 is 11.8 Å². The van der Waals surface area contributed by atoms with E-state index in [9.17, 15) is 9.59 Å². The Morgan fingerprint density at radius 1 is 1.16 bits per heavy atom. The van der Waals surface area contributed by atoms with Crippen LogP contribution >= 0.6 is 0 Å². The molecule has 0 bridgehead atoms. The van der Waals surface area contributed by atoms with E-state index in [0.29, 0.717) is 17.1 Å². The van der Waals surface area contributed by atoms with Gasteiger partial charge in [-0.1, -0.05) is 6.07 Å². The minimum atomic E-state index is -0.309. The molecular formula is C24H28N4O3. The van der Waals surface area contributed by atoms with Gasteiger partial charge in [-0.2, -0.15) is 5.10 Å². The van der Waals surface area contributed by atoms with Crippen LogP contribution < -0.4 is 10.6 Å². The smallest absolute Gasteiger partial charge is 0.255 e. The third-order valence-corrected chi connectivity index (χ3v) is 5.95.